The van der Waals surface area contributed by atoms with Crippen molar-refractivity contribution in [3.8, 4) is 0 Å². The number of rotatable bonds is 10. The van der Waals surface area contributed by atoms with Gasteiger partial charge in [-0.05, 0) is 36.5 Å². The normalized spacial score (nSPS) is 23.4. The van der Waals surface area contributed by atoms with Crippen molar-refractivity contribution in [3.63, 3.8) is 0 Å². The summed E-state index contributed by atoms with van der Waals surface area (Å²) in [6.07, 6.45) is 18.0. The van der Waals surface area contributed by atoms with E-state index in [4.69, 9.17) is 5.11 Å². The molecule has 1 saturated carbocycles. The van der Waals surface area contributed by atoms with Crippen LogP contribution >= 0.6 is 0 Å². The summed E-state index contributed by atoms with van der Waals surface area (Å²) in [5, 5.41) is 8.72. The Hall–Kier alpha value is -0.0400. The minimum atomic E-state index is 0.372. The van der Waals surface area contributed by atoms with Gasteiger partial charge in [0.25, 0.3) is 0 Å². The summed E-state index contributed by atoms with van der Waals surface area (Å²) in [7, 11) is 0. The van der Waals surface area contributed by atoms with Crippen molar-refractivity contribution in [2.24, 2.45) is 17.3 Å². The van der Waals surface area contributed by atoms with Gasteiger partial charge in [0.1, 0.15) is 0 Å². The van der Waals surface area contributed by atoms with Gasteiger partial charge in [0.15, 0.2) is 0 Å². The van der Waals surface area contributed by atoms with E-state index in [2.05, 4.69) is 20.8 Å². The number of unbranched alkanes of at least 4 members (excludes halogenated alkanes) is 7. The molecule has 0 unspecified atom stereocenters. The summed E-state index contributed by atoms with van der Waals surface area (Å²) in [5.74, 6) is 2.00. The van der Waals surface area contributed by atoms with Crippen LogP contribution in [-0.4, -0.2) is 11.7 Å². The molecule has 0 heterocycles. The lowest BCUT2D eigenvalue weighted by atomic mass is 9.69. The van der Waals surface area contributed by atoms with E-state index in [-0.39, 0.29) is 0 Å². The molecule has 1 fully saturated rings. The number of aliphatic hydroxyl groups excluding tert-OH is 1. The van der Waals surface area contributed by atoms with Crippen LogP contribution < -0.4 is 0 Å². The Kier molecular flexibility index (Phi) is 9.64. The van der Waals surface area contributed by atoms with Crippen LogP contribution in [0.4, 0.5) is 0 Å². The van der Waals surface area contributed by atoms with Crippen LogP contribution in [0, 0.1) is 17.3 Å². The average Bonchev–Trinajstić information content (AvgIpc) is 2.45. The van der Waals surface area contributed by atoms with Gasteiger partial charge in [0, 0.05) is 6.61 Å². The van der Waals surface area contributed by atoms with Gasteiger partial charge in [-0.25, -0.2) is 0 Å². The van der Waals surface area contributed by atoms with Crippen LogP contribution in [0.3, 0.4) is 0 Å². The largest absolute Gasteiger partial charge is 0.396 e. The number of hydrogen-bond acceptors (Lipinski definition) is 1. The summed E-state index contributed by atoms with van der Waals surface area (Å²) in [6.45, 7) is 7.62. The second kappa shape index (κ2) is 10.6. The van der Waals surface area contributed by atoms with Gasteiger partial charge in [0.2, 0.25) is 0 Å². The predicted molar refractivity (Wildman–Crippen MR) is 93.5 cm³/mol. The fraction of sp³-hybridized carbons (Fsp3) is 1.00. The Labute approximate surface area is 133 Å². The van der Waals surface area contributed by atoms with Crippen LogP contribution in [-0.2, 0) is 0 Å². The Morgan fingerprint density at radius 2 is 1.19 bits per heavy atom. The molecule has 0 aromatic carbocycles. The molecule has 1 N–H and O–H groups in total. The van der Waals surface area contributed by atoms with Gasteiger partial charge in [0.05, 0.1) is 0 Å². The van der Waals surface area contributed by atoms with E-state index in [1.807, 2.05) is 0 Å². The summed E-state index contributed by atoms with van der Waals surface area (Å²) < 4.78 is 0. The summed E-state index contributed by atoms with van der Waals surface area (Å²) in [4.78, 5) is 0. The predicted octanol–water partition coefficient (Wildman–Crippen LogP) is 6.34. The van der Waals surface area contributed by atoms with Crippen LogP contribution in [0.15, 0.2) is 0 Å². The molecule has 1 nitrogen and oxygen atoms in total. The highest BCUT2D eigenvalue weighted by atomic mass is 16.2. The Bertz CT molecular complexity index is 233. The molecule has 1 rings (SSSR count). The lowest BCUT2D eigenvalue weighted by molar-refractivity contribution is 0.145. The highest BCUT2D eigenvalue weighted by Gasteiger charge is 2.29. The molecule has 0 aromatic rings. The molecule has 1 aliphatic carbocycles. The van der Waals surface area contributed by atoms with Crippen molar-refractivity contribution >= 4 is 0 Å². The maximum absolute atomic E-state index is 8.72. The van der Waals surface area contributed by atoms with E-state index >= 15 is 0 Å². The van der Waals surface area contributed by atoms with Crippen molar-refractivity contribution in [3.05, 3.63) is 0 Å². The first kappa shape index (κ1) is 19.0. The maximum atomic E-state index is 8.72. The Morgan fingerprint density at radius 1 is 0.714 bits per heavy atom. The molecule has 0 aliphatic heterocycles. The lowest BCUT2D eigenvalue weighted by Gasteiger charge is -2.37. The molecule has 0 saturated heterocycles. The van der Waals surface area contributed by atoms with Gasteiger partial charge in [-0.3, -0.25) is 0 Å². The Balaban J connectivity index is 1.91. The molecule has 0 atom stereocenters. The van der Waals surface area contributed by atoms with Crippen LogP contribution in [0.1, 0.15) is 104 Å². The van der Waals surface area contributed by atoms with Gasteiger partial charge in [-0.1, -0.05) is 85.0 Å². The third-order valence-corrected chi connectivity index (χ3v) is 5.59. The van der Waals surface area contributed by atoms with Gasteiger partial charge in [-0.15, -0.1) is 0 Å². The smallest absolute Gasteiger partial charge is 0.0431 e. The van der Waals surface area contributed by atoms with Crippen molar-refractivity contribution in [2.75, 3.05) is 6.61 Å². The molecule has 0 aromatic heterocycles. The zero-order valence-corrected chi connectivity index (χ0v) is 15.0. The van der Waals surface area contributed by atoms with E-state index in [0.29, 0.717) is 12.0 Å². The second-order valence-corrected chi connectivity index (χ2v) is 8.42. The first-order valence-electron chi connectivity index (χ1n) is 9.65. The molecule has 0 spiro atoms. The van der Waals surface area contributed by atoms with E-state index in [0.717, 1.165) is 18.3 Å². The zero-order chi connectivity index (χ0) is 15.6. The first-order chi connectivity index (χ1) is 10.0. The molecule has 126 valence electrons. The maximum Gasteiger partial charge on any atom is 0.0431 e. The van der Waals surface area contributed by atoms with Gasteiger partial charge < -0.3 is 5.11 Å². The molecule has 1 aliphatic rings. The Morgan fingerprint density at radius 3 is 1.67 bits per heavy atom. The number of hydrogen-bond donors (Lipinski definition) is 1. The van der Waals surface area contributed by atoms with Crippen molar-refractivity contribution < 1.29 is 5.11 Å². The third-order valence-electron chi connectivity index (χ3n) is 5.59. The molecule has 0 radical (unpaired) electrons. The van der Waals surface area contributed by atoms with E-state index in [1.54, 1.807) is 0 Å². The quantitative estimate of drug-likeness (QED) is 0.466. The first-order valence-corrected chi connectivity index (χ1v) is 9.65. The van der Waals surface area contributed by atoms with E-state index in [1.165, 1.54) is 77.0 Å². The van der Waals surface area contributed by atoms with E-state index in [9.17, 15) is 0 Å². The monoisotopic (exact) mass is 296 g/mol. The van der Waals surface area contributed by atoms with Crippen LogP contribution in [0.2, 0.25) is 0 Å². The fourth-order valence-electron chi connectivity index (χ4n) is 3.92. The molecule has 0 amide bonds. The summed E-state index contributed by atoms with van der Waals surface area (Å²) in [6, 6.07) is 0. The van der Waals surface area contributed by atoms with Crippen molar-refractivity contribution in [2.45, 2.75) is 104 Å². The SMILES string of the molecule is CC(C)(C)C1CCC(CCCCCCCCCCO)CC1. The minimum Gasteiger partial charge on any atom is -0.396 e. The van der Waals surface area contributed by atoms with Gasteiger partial charge >= 0.3 is 0 Å². The zero-order valence-electron chi connectivity index (χ0n) is 15.0. The topological polar surface area (TPSA) is 20.2 Å². The molecular formula is C20H40O. The second-order valence-electron chi connectivity index (χ2n) is 8.42. The highest BCUT2D eigenvalue weighted by molar-refractivity contribution is 4.80. The number of aliphatic hydroxyl groups is 1. The fourth-order valence-corrected chi connectivity index (χ4v) is 3.92. The highest BCUT2D eigenvalue weighted by Crippen LogP contribution is 2.41. The summed E-state index contributed by atoms with van der Waals surface area (Å²) in [5.41, 5.74) is 0.529. The lowest BCUT2D eigenvalue weighted by Crippen LogP contribution is -2.25. The molecule has 1 heteroatoms. The van der Waals surface area contributed by atoms with Crippen LogP contribution in [0.25, 0.3) is 0 Å². The van der Waals surface area contributed by atoms with E-state index < -0.39 is 0 Å². The average molecular weight is 297 g/mol. The molecule has 21 heavy (non-hydrogen) atoms. The minimum absolute atomic E-state index is 0.372. The molecule has 0 bridgehead atoms. The van der Waals surface area contributed by atoms with Crippen molar-refractivity contribution in [1.29, 1.82) is 0 Å². The van der Waals surface area contributed by atoms with Crippen molar-refractivity contribution in [1.82, 2.24) is 0 Å². The third kappa shape index (κ3) is 8.86. The molecular weight excluding hydrogens is 256 g/mol. The van der Waals surface area contributed by atoms with Gasteiger partial charge in [-0.2, -0.15) is 0 Å². The van der Waals surface area contributed by atoms with Crippen LogP contribution in [0.5, 0.6) is 0 Å². The standard InChI is InChI=1S/C20H40O/c1-20(2,3)19-15-13-18(14-16-19)12-10-8-6-4-5-7-9-11-17-21/h18-19,21H,4-17H2,1-3H3. The summed E-state index contributed by atoms with van der Waals surface area (Å²) >= 11 is 0.